The number of aryl methyl sites for hydroxylation is 1. The van der Waals surface area contributed by atoms with Crippen LogP contribution in [0.5, 0.6) is 0 Å². The molecule has 0 aliphatic rings. The van der Waals surface area contributed by atoms with Crippen molar-refractivity contribution in [3.8, 4) is 0 Å². The van der Waals surface area contributed by atoms with Gasteiger partial charge in [-0.15, -0.1) is 10.2 Å². The molecule has 2 rings (SSSR count). The summed E-state index contributed by atoms with van der Waals surface area (Å²) in [6, 6.07) is 0. The molecule has 12 heteroatoms. The molecule has 0 saturated heterocycles. The number of aromatic amines is 1. The van der Waals surface area contributed by atoms with Gasteiger partial charge in [0.25, 0.3) is 0 Å². The van der Waals surface area contributed by atoms with E-state index in [1.807, 2.05) is 6.92 Å². The third kappa shape index (κ3) is 5.54. The Morgan fingerprint density at radius 3 is 2.73 bits per heavy atom. The van der Waals surface area contributed by atoms with E-state index in [-0.39, 0.29) is 28.9 Å². The average molecular weight is 416 g/mol. The number of hydrogen-bond donors (Lipinski definition) is 2. The number of esters is 1. The molecular formula is C14H17N5O4S3. The van der Waals surface area contributed by atoms with Crippen molar-refractivity contribution in [2.45, 2.75) is 30.1 Å². The molecule has 0 saturated carbocycles. The highest BCUT2D eigenvalue weighted by Crippen LogP contribution is 2.26. The first-order chi connectivity index (χ1) is 12.4. The Balaban J connectivity index is 2.06. The van der Waals surface area contributed by atoms with Crippen LogP contribution in [0.15, 0.2) is 14.2 Å². The van der Waals surface area contributed by atoms with Crippen molar-refractivity contribution < 1.29 is 14.3 Å². The summed E-state index contributed by atoms with van der Waals surface area (Å²) in [6.07, 6.45) is 0. The molecule has 2 N–H and O–H groups in total. The lowest BCUT2D eigenvalue weighted by molar-refractivity contribution is -0.113. The Morgan fingerprint density at radius 1 is 1.27 bits per heavy atom. The van der Waals surface area contributed by atoms with Gasteiger partial charge in [-0.3, -0.25) is 10.1 Å². The van der Waals surface area contributed by atoms with Gasteiger partial charge in [-0.2, -0.15) is 4.98 Å². The SMILES string of the molecule is CCOC(=O)c1c(SCC(=O)Nc2nnc(SCC)s2)nc(=O)[nH]c1C. The standard InChI is InChI=1S/C14H17N5O4S3/c1-4-23-11(21)9-7(3)15-12(22)17-10(9)25-6-8(20)16-13-18-19-14(26-13)24-5-2/h4-6H2,1-3H3,(H,15,17,22)(H,16,18,20). The minimum Gasteiger partial charge on any atom is -0.462 e. The maximum absolute atomic E-state index is 12.1. The zero-order valence-corrected chi connectivity index (χ0v) is 16.8. The Kier molecular flexibility index (Phi) is 7.60. The van der Waals surface area contributed by atoms with E-state index in [4.69, 9.17) is 4.74 Å². The number of anilines is 1. The van der Waals surface area contributed by atoms with E-state index in [1.54, 1.807) is 13.8 Å². The van der Waals surface area contributed by atoms with Crippen molar-refractivity contribution in [3.63, 3.8) is 0 Å². The summed E-state index contributed by atoms with van der Waals surface area (Å²) in [7, 11) is 0. The van der Waals surface area contributed by atoms with Gasteiger partial charge >= 0.3 is 11.7 Å². The van der Waals surface area contributed by atoms with Crippen LogP contribution in [0.25, 0.3) is 0 Å². The normalized spacial score (nSPS) is 10.6. The molecular weight excluding hydrogens is 398 g/mol. The van der Waals surface area contributed by atoms with Crippen LogP contribution in [0.2, 0.25) is 0 Å². The molecule has 2 heterocycles. The van der Waals surface area contributed by atoms with Crippen molar-refractivity contribution in [1.82, 2.24) is 20.2 Å². The van der Waals surface area contributed by atoms with Crippen LogP contribution in [0.3, 0.4) is 0 Å². The number of carbonyl (C=O) groups excluding carboxylic acids is 2. The molecule has 0 fully saturated rings. The number of aromatic nitrogens is 4. The van der Waals surface area contributed by atoms with Gasteiger partial charge in [-0.25, -0.2) is 9.59 Å². The van der Waals surface area contributed by atoms with E-state index in [0.717, 1.165) is 21.9 Å². The molecule has 0 aliphatic carbocycles. The fourth-order valence-corrected chi connectivity index (χ4v) is 4.37. The summed E-state index contributed by atoms with van der Waals surface area (Å²) >= 11 is 3.80. The number of carbonyl (C=O) groups is 2. The molecule has 0 spiro atoms. The molecule has 0 radical (unpaired) electrons. The maximum Gasteiger partial charge on any atom is 0.346 e. The summed E-state index contributed by atoms with van der Waals surface area (Å²) in [5, 5.41) is 11.0. The monoisotopic (exact) mass is 415 g/mol. The van der Waals surface area contributed by atoms with Gasteiger partial charge in [0.15, 0.2) is 4.34 Å². The van der Waals surface area contributed by atoms with Gasteiger partial charge in [0.1, 0.15) is 10.6 Å². The Bertz CT molecular complexity index is 851. The summed E-state index contributed by atoms with van der Waals surface area (Å²) in [5.74, 6) is -0.114. The minimum atomic E-state index is -0.595. The van der Waals surface area contributed by atoms with Crippen LogP contribution in [0.4, 0.5) is 5.13 Å². The molecule has 0 unspecified atom stereocenters. The smallest absolute Gasteiger partial charge is 0.346 e. The zero-order valence-electron chi connectivity index (χ0n) is 14.3. The van der Waals surface area contributed by atoms with Crippen LogP contribution in [-0.2, 0) is 9.53 Å². The van der Waals surface area contributed by atoms with E-state index in [1.165, 1.54) is 23.1 Å². The fourth-order valence-electron chi connectivity index (χ4n) is 1.84. The summed E-state index contributed by atoms with van der Waals surface area (Å²) in [6.45, 7) is 5.45. The summed E-state index contributed by atoms with van der Waals surface area (Å²) < 4.78 is 5.75. The molecule has 0 aromatic carbocycles. The first kappa shape index (κ1) is 20.4. The number of amides is 1. The molecule has 2 aromatic heterocycles. The second kappa shape index (κ2) is 9.69. The molecule has 0 atom stereocenters. The van der Waals surface area contributed by atoms with E-state index >= 15 is 0 Å². The predicted octanol–water partition coefficient (Wildman–Crippen LogP) is 1.95. The number of ether oxygens (including phenoxy) is 1. The van der Waals surface area contributed by atoms with Crippen molar-refractivity contribution >= 4 is 51.9 Å². The highest BCUT2D eigenvalue weighted by atomic mass is 32.2. The molecule has 0 bridgehead atoms. The maximum atomic E-state index is 12.1. The van der Waals surface area contributed by atoms with Gasteiger partial charge < -0.3 is 9.72 Å². The third-order valence-corrected chi connectivity index (χ3v) is 5.66. The highest BCUT2D eigenvalue weighted by molar-refractivity contribution is 8.01. The van der Waals surface area contributed by atoms with E-state index < -0.39 is 11.7 Å². The quantitative estimate of drug-likeness (QED) is 0.288. The Morgan fingerprint density at radius 2 is 2.04 bits per heavy atom. The second-order valence-electron chi connectivity index (χ2n) is 4.71. The van der Waals surface area contributed by atoms with E-state index in [9.17, 15) is 14.4 Å². The molecule has 0 aliphatic heterocycles. The van der Waals surface area contributed by atoms with E-state index in [0.29, 0.717) is 10.8 Å². The second-order valence-corrected chi connectivity index (χ2v) is 8.16. The zero-order chi connectivity index (χ0) is 19.1. The van der Waals surface area contributed by atoms with Crippen LogP contribution in [0.1, 0.15) is 29.9 Å². The van der Waals surface area contributed by atoms with Crippen LogP contribution < -0.4 is 11.0 Å². The third-order valence-electron chi connectivity index (χ3n) is 2.83. The lowest BCUT2D eigenvalue weighted by Crippen LogP contribution is -2.21. The Labute approximate surface area is 161 Å². The van der Waals surface area contributed by atoms with Crippen molar-refractivity contribution in [2.75, 3.05) is 23.4 Å². The van der Waals surface area contributed by atoms with Crippen LogP contribution in [-0.4, -0.2) is 50.2 Å². The molecule has 9 nitrogen and oxygen atoms in total. The number of rotatable bonds is 8. The number of thioether (sulfide) groups is 2. The van der Waals surface area contributed by atoms with Crippen LogP contribution >= 0.6 is 34.9 Å². The summed E-state index contributed by atoms with van der Waals surface area (Å²) in [4.78, 5) is 42.0. The van der Waals surface area contributed by atoms with Crippen LogP contribution in [0, 0.1) is 6.92 Å². The number of nitrogens with zero attached hydrogens (tertiary/aromatic N) is 3. The fraction of sp³-hybridized carbons (Fsp3) is 0.429. The highest BCUT2D eigenvalue weighted by Gasteiger charge is 2.20. The average Bonchev–Trinajstić information content (AvgIpc) is 3.00. The van der Waals surface area contributed by atoms with Gasteiger partial charge in [-0.05, 0) is 19.6 Å². The summed E-state index contributed by atoms with van der Waals surface area (Å²) in [5.41, 5.74) is -0.0951. The first-order valence-electron chi connectivity index (χ1n) is 7.61. The molecule has 2 aromatic rings. The lowest BCUT2D eigenvalue weighted by Gasteiger charge is -2.09. The van der Waals surface area contributed by atoms with Crippen molar-refractivity contribution in [3.05, 3.63) is 21.7 Å². The van der Waals surface area contributed by atoms with E-state index in [2.05, 4.69) is 25.5 Å². The molecule has 140 valence electrons. The molecule has 1 amide bonds. The Hall–Kier alpha value is -1.92. The van der Waals surface area contributed by atoms with Crippen molar-refractivity contribution in [2.24, 2.45) is 0 Å². The number of hydrogen-bond acceptors (Lipinski definition) is 10. The van der Waals surface area contributed by atoms with Crippen molar-refractivity contribution in [1.29, 1.82) is 0 Å². The number of H-pyrrole nitrogens is 1. The lowest BCUT2D eigenvalue weighted by atomic mass is 10.2. The minimum absolute atomic E-state index is 0.0435. The van der Waals surface area contributed by atoms with Gasteiger partial charge in [0.2, 0.25) is 11.0 Å². The van der Waals surface area contributed by atoms with Gasteiger partial charge in [0.05, 0.1) is 12.4 Å². The largest absolute Gasteiger partial charge is 0.462 e. The molecule has 26 heavy (non-hydrogen) atoms. The first-order valence-corrected chi connectivity index (χ1v) is 10.4. The predicted molar refractivity (Wildman–Crippen MR) is 101 cm³/mol. The van der Waals surface area contributed by atoms with Gasteiger partial charge in [0, 0.05) is 5.69 Å². The topological polar surface area (TPSA) is 127 Å². The number of nitrogens with one attached hydrogen (secondary N) is 2. The van der Waals surface area contributed by atoms with Gasteiger partial charge in [-0.1, -0.05) is 41.8 Å².